The second kappa shape index (κ2) is 13.7. The van der Waals surface area contributed by atoms with Crippen molar-refractivity contribution in [2.45, 2.75) is 122 Å². The van der Waals surface area contributed by atoms with Crippen molar-refractivity contribution >= 4 is 11.9 Å². The van der Waals surface area contributed by atoms with Crippen LogP contribution in [0.25, 0.3) is 0 Å². The van der Waals surface area contributed by atoms with E-state index >= 15 is 0 Å². The zero-order valence-corrected chi connectivity index (χ0v) is 27.5. The monoisotopic (exact) mass is 626 g/mol. The number of aliphatic hydroxyl groups excluding tert-OH is 1. The highest BCUT2D eigenvalue weighted by atomic mass is 16.7. The zero-order chi connectivity index (χ0) is 32.5. The van der Waals surface area contributed by atoms with Gasteiger partial charge in [-0.1, -0.05) is 55.4 Å². The molecule has 0 aromatic heterocycles. The Morgan fingerprint density at radius 3 is 2.69 bits per heavy atom. The van der Waals surface area contributed by atoms with Crippen LogP contribution in [0.2, 0.25) is 0 Å². The summed E-state index contributed by atoms with van der Waals surface area (Å²) in [6.07, 6.45) is 11.7. The summed E-state index contributed by atoms with van der Waals surface area (Å²) < 4.78 is 30.8. The summed E-state index contributed by atoms with van der Waals surface area (Å²) in [5, 5.41) is 23.6. The Balaban J connectivity index is 1.51. The van der Waals surface area contributed by atoms with Crippen molar-refractivity contribution in [2.75, 3.05) is 13.2 Å². The molecule has 3 fully saturated rings. The maximum atomic E-state index is 14.2. The third kappa shape index (κ3) is 7.38. The van der Waals surface area contributed by atoms with E-state index in [2.05, 4.69) is 39.8 Å². The molecule has 2 bridgehead atoms. The Morgan fingerprint density at radius 2 is 1.96 bits per heavy atom. The first-order valence-corrected chi connectivity index (χ1v) is 16.4. The molecule has 4 aliphatic heterocycles. The van der Waals surface area contributed by atoms with E-state index in [1.165, 1.54) is 17.7 Å². The molecule has 10 atom stereocenters. The summed E-state index contributed by atoms with van der Waals surface area (Å²) in [5.74, 6) is -2.62. The van der Waals surface area contributed by atoms with Gasteiger partial charge in [-0.2, -0.15) is 0 Å². The van der Waals surface area contributed by atoms with Crippen molar-refractivity contribution in [3.05, 3.63) is 58.7 Å². The lowest BCUT2D eigenvalue weighted by molar-refractivity contribution is -0.332. The first-order valence-electron chi connectivity index (χ1n) is 16.4. The highest BCUT2D eigenvalue weighted by Gasteiger charge is 2.60. The van der Waals surface area contributed by atoms with Crippen LogP contribution < -0.4 is 0 Å². The molecule has 9 heteroatoms. The summed E-state index contributed by atoms with van der Waals surface area (Å²) in [4.78, 5) is 26.4. The number of carbonyl (C=O) groups excluding carboxylic acids is 2. The molecule has 1 aliphatic carbocycles. The molecule has 3 saturated heterocycles. The van der Waals surface area contributed by atoms with Crippen LogP contribution in [0.5, 0.6) is 0 Å². The van der Waals surface area contributed by atoms with Crippen LogP contribution in [-0.2, 0) is 33.3 Å². The number of fused-ring (bicyclic) bond motifs is 2. The number of hydrogen-bond donors (Lipinski definition) is 2. The second-order valence-corrected chi connectivity index (χ2v) is 14.1. The predicted octanol–water partition coefficient (Wildman–Crippen LogP) is 5.02. The van der Waals surface area contributed by atoms with Gasteiger partial charge in [0.15, 0.2) is 5.79 Å². The van der Waals surface area contributed by atoms with Crippen molar-refractivity contribution in [2.24, 2.45) is 17.8 Å². The fourth-order valence-corrected chi connectivity index (χ4v) is 7.32. The second-order valence-electron chi connectivity index (χ2n) is 14.1. The quantitative estimate of drug-likeness (QED) is 0.253. The van der Waals surface area contributed by atoms with E-state index in [9.17, 15) is 19.8 Å². The minimum atomic E-state index is -1.85. The Kier molecular flexibility index (Phi) is 10.3. The van der Waals surface area contributed by atoms with E-state index in [0.717, 1.165) is 18.4 Å². The van der Waals surface area contributed by atoms with Gasteiger partial charge in [-0.05, 0) is 69.9 Å². The van der Waals surface area contributed by atoms with Crippen LogP contribution in [0, 0.1) is 17.8 Å². The van der Waals surface area contributed by atoms with Crippen LogP contribution in [0.4, 0.5) is 0 Å². The van der Waals surface area contributed by atoms with Crippen molar-refractivity contribution in [1.82, 2.24) is 0 Å². The molecular weight excluding hydrogens is 576 g/mol. The summed E-state index contributed by atoms with van der Waals surface area (Å²) in [7, 11) is 0. The van der Waals surface area contributed by atoms with Crippen LogP contribution in [-0.4, -0.2) is 77.3 Å². The molecule has 5 aliphatic rings. The van der Waals surface area contributed by atoms with E-state index in [-0.39, 0.29) is 36.9 Å². The van der Waals surface area contributed by atoms with Gasteiger partial charge >= 0.3 is 11.9 Å². The lowest BCUT2D eigenvalue weighted by Crippen LogP contribution is -2.58. The van der Waals surface area contributed by atoms with Gasteiger partial charge < -0.3 is 33.9 Å². The van der Waals surface area contributed by atoms with Crippen LogP contribution in [0.1, 0.15) is 80.1 Å². The molecule has 0 aromatic rings. The molecule has 0 aromatic carbocycles. The molecule has 45 heavy (non-hydrogen) atoms. The molecule has 9 nitrogen and oxygen atoms in total. The van der Waals surface area contributed by atoms with Gasteiger partial charge in [0.25, 0.3) is 0 Å². The first kappa shape index (κ1) is 33.8. The molecular formula is C36H50O9. The van der Waals surface area contributed by atoms with Crippen molar-refractivity contribution in [3.8, 4) is 0 Å². The van der Waals surface area contributed by atoms with Crippen LogP contribution in [0.15, 0.2) is 58.7 Å². The van der Waals surface area contributed by atoms with Crippen molar-refractivity contribution < 1.29 is 43.5 Å². The minimum absolute atomic E-state index is 0.000742. The number of aliphatic hydroxyl groups is 2. The van der Waals surface area contributed by atoms with E-state index in [1.54, 1.807) is 19.9 Å². The normalized spacial score (nSPS) is 43.5. The number of hydrogen-bond acceptors (Lipinski definition) is 9. The van der Waals surface area contributed by atoms with Gasteiger partial charge in [0.2, 0.25) is 0 Å². The Labute approximate surface area is 267 Å². The Bertz CT molecular complexity index is 1290. The third-order valence-electron chi connectivity index (χ3n) is 9.95. The summed E-state index contributed by atoms with van der Waals surface area (Å²) in [5.41, 5.74) is 0.929. The van der Waals surface area contributed by atoms with Gasteiger partial charge in [-0.15, -0.1) is 0 Å². The Morgan fingerprint density at radius 1 is 1.18 bits per heavy atom. The first-order chi connectivity index (χ1) is 21.3. The molecule has 0 saturated carbocycles. The zero-order valence-electron chi connectivity index (χ0n) is 27.5. The molecule has 2 N–H and O–H groups in total. The van der Waals surface area contributed by atoms with Gasteiger partial charge in [0, 0.05) is 25.3 Å². The molecule has 0 radical (unpaired) electrons. The fraction of sp³-hybridized carbons (Fsp3) is 0.667. The van der Waals surface area contributed by atoms with E-state index in [4.69, 9.17) is 23.7 Å². The van der Waals surface area contributed by atoms with Crippen LogP contribution >= 0.6 is 0 Å². The lowest BCUT2D eigenvalue weighted by atomic mass is 9.70. The molecule has 1 spiro atoms. The number of ether oxygens (including phenoxy) is 5. The van der Waals surface area contributed by atoms with E-state index in [1.807, 2.05) is 6.08 Å². The third-order valence-corrected chi connectivity index (χ3v) is 9.95. The highest BCUT2D eigenvalue weighted by Crippen LogP contribution is 2.47. The average Bonchev–Trinajstić information content (AvgIpc) is 3.30. The maximum absolute atomic E-state index is 14.2. The summed E-state index contributed by atoms with van der Waals surface area (Å²) in [6.45, 7) is 11.8. The highest BCUT2D eigenvalue weighted by molar-refractivity contribution is 5.83. The smallest absolute Gasteiger partial charge is 0.331 e. The summed E-state index contributed by atoms with van der Waals surface area (Å²) in [6, 6.07) is 0. The number of rotatable bonds is 3. The molecule has 1 unspecified atom stereocenters. The van der Waals surface area contributed by atoms with Crippen molar-refractivity contribution in [3.63, 3.8) is 0 Å². The van der Waals surface area contributed by atoms with Gasteiger partial charge in [-0.25, -0.2) is 4.79 Å². The molecule has 0 amide bonds. The van der Waals surface area contributed by atoms with Crippen molar-refractivity contribution in [1.29, 1.82) is 0 Å². The molecule has 4 heterocycles. The molecule has 248 valence electrons. The average molecular weight is 627 g/mol. The standard InChI is InChI=1S/C36H50O9/c1-21(2)14-31(37)41-19-26-16-30-34(39)43-29-17-28(45-35(18-29)13-12-24(5)25(6)44-35)11-10-23(4)15-22(3)8-7-9-27-20-42-33(32(26)38)36(27,30)40/h7-10,14,16,22,24-25,28-30,32-33,38,40H,11-13,15,17-20H2,1-6H3/b8-7+,23-10+,27-9+/t22-,24-,25-,28+,29-,30-,32+,33?,35-,36+/m0/s1. The SMILES string of the molecule is CC(C)=CC(=O)OCC1=C[C@H]2C(=O)O[C@H]3C[C@@H](C/C=C(\C)C[C@@H](C)/C=C/C=C4\COC([C@@H]1O)[C@@]42O)O[C@@]1(CC[C@H](C)[C@H](C)O1)C3. The van der Waals surface area contributed by atoms with Gasteiger partial charge in [0.05, 0.1) is 18.8 Å². The minimum Gasteiger partial charge on any atom is -0.462 e. The van der Waals surface area contributed by atoms with Gasteiger partial charge in [-0.3, -0.25) is 4.79 Å². The number of allylic oxidation sites excluding steroid dienone is 5. The topological polar surface area (TPSA) is 121 Å². The Hall–Kier alpha value is -2.56. The van der Waals surface area contributed by atoms with E-state index < -0.39 is 47.6 Å². The largest absolute Gasteiger partial charge is 0.462 e. The van der Waals surface area contributed by atoms with Gasteiger partial charge in [0.1, 0.15) is 36.4 Å². The molecule has 5 rings (SSSR count). The predicted molar refractivity (Wildman–Crippen MR) is 168 cm³/mol. The number of carbonyl (C=O) groups is 2. The lowest BCUT2D eigenvalue weighted by Gasteiger charge is -2.49. The van der Waals surface area contributed by atoms with E-state index in [0.29, 0.717) is 37.2 Å². The number of esters is 2. The summed E-state index contributed by atoms with van der Waals surface area (Å²) >= 11 is 0. The van der Waals surface area contributed by atoms with Crippen LogP contribution in [0.3, 0.4) is 0 Å². The fourth-order valence-electron chi connectivity index (χ4n) is 7.32. The maximum Gasteiger partial charge on any atom is 0.331 e.